The van der Waals surface area contributed by atoms with Crippen LogP contribution >= 0.6 is 15.2 Å². The molecule has 16 heavy (non-hydrogen) atoms. The SMILES string of the molecule is CC(O)(P(=O)([O-])[O-])P(=O)([O-])[O-].O.O.O.[Ca+2].[Ca+2]. The van der Waals surface area contributed by atoms with Crippen LogP contribution in [0, 0.1) is 0 Å². The number of hydrogen-bond acceptors (Lipinski definition) is 7. The molecule has 0 aromatic carbocycles. The predicted molar refractivity (Wildman–Crippen MR) is 48.2 cm³/mol. The maximum Gasteiger partial charge on any atom is 2.00 e. The van der Waals surface area contributed by atoms with Gasteiger partial charge in [-0.1, -0.05) is 0 Å². The van der Waals surface area contributed by atoms with Gasteiger partial charge in [-0.3, -0.25) is 0 Å². The van der Waals surface area contributed by atoms with E-state index in [0.717, 1.165) is 0 Å². The third-order valence-corrected chi connectivity index (χ3v) is 4.58. The van der Waals surface area contributed by atoms with Gasteiger partial charge in [0, 0.05) is 0 Å². The fourth-order valence-corrected chi connectivity index (χ4v) is 1.35. The molecule has 0 aliphatic rings. The average molecular weight is 336 g/mol. The van der Waals surface area contributed by atoms with Gasteiger partial charge < -0.3 is 50.2 Å². The Morgan fingerprint density at radius 3 is 1.00 bits per heavy atom. The molecule has 0 rings (SSSR count). The monoisotopic (exact) mass is 336 g/mol. The van der Waals surface area contributed by atoms with Crippen molar-refractivity contribution >= 4 is 90.7 Å². The van der Waals surface area contributed by atoms with E-state index in [1.807, 2.05) is 0 Å². The minimum atomic E-state index is -5.82. The second kappa shape index (κ2) is 11.5. The molecule has 0 saturated carbocycles. The second-order valence-corrected chi connectivity index (χ2v) is 6.05. The molecule has 0 aliphatic heterocycles. The van der Waals surface area contributed by atoms with Gasteiger partial charge in [0.25, 0.3) is 0 Å². The van der Waals surface area contributed by atoms with E-state index in [9.17, 15) is 28.7 Å². The molecule has 0 bridgehead atoms. The summed E-state index contributed by atoms with van der Waals surface area (Å²) in [6.45, 7) is 0.133. The quantitative estimate of drug-likeness (QED) is 0.376. The van der Waals surface area contributed by atoms with E-state index in [1.165, 1.54) is 0 Å². The Morgan fingerprint density at radius 1 is 0.875 bits per heavy atom. The Balaban J connectivity index is -0.0000000500. The summed E-state index contributed by atoms with van der Waals surface area (Å²) >= 11 is 0. The van der Waals surface area contributed by atoms with Gasteiger partial charge >= 0.3 is 75.5 Å². The van der Waals surface area contributed by atoms with Gasteiger partial charge in [0.2, 0.25) is 0 Å². The summed E-state index contributed by atoms with van der Waals surface area (Å²) in [6.07, 6.45) is 0. The molecule has 0 radical (unpaired) electrons. The fraction of sp³-hybridized carbons (Fsp3) is 1.00. The molecule has 7 N–H and O–H groups in total. The zero-order valence-corrected chi connectivity index (χ0v) is 14.4. The van der Waals surface area contributed by atoms with Crippen LogP contribution in [0.25, 0.3) is 0 Å². The summed E-state index contributed by atoms with van der Waals surface area (Å²) in [5.41, 5.74) is 0. The van der Waals surface area contributed by atoms with Crippen LogP contribution in [-0.4, -0.2) is 102 Å². The van der Waals surface area contributed by atoms with E-state index in [1.54, 1.807) is 0 Å². The smallest absolute Gasteiger partial charge is 0.808 e. The third-order valence-electron chi connectivity index (χ3n) is 1.04. The van der Waals surface area contributed by atoms with Crippen molar-refractivity contribution in [2.24, 2.45) is 0 Å². The van der Waals surface area contributed by atoms with Gasteiger partial charge in [-0.15, -0.1) is 0 Å². The summed E-state index contributed by atoms with van der Waals surface area (Å²) in [7, 11) is -11.6. The van der Waals surface area contributed by atoms with Crippen molar-refractivity contribution in [3.05, 3.63) is 0 Å². The first-order chi connectivity index (χ1) is 4.50. The summed E-state index contributed by atoms with van der Waals surface area (Å²) in [5.74, 6) is 0. The largest absolute Gasteiger partial charge is 2.00 e. The molecule has 92 valence electrons. The van der Waals surface area contributed by atoms with Gasteiger partial charge in [0.1, 0.15) is 5.08 Å². The number of aliphatic hydroxyl groups is 1. The first kappa shape index (κ1) is 36.3. The molecule has 14 heteroatoms. The molecule has 0 heterocycles. The van der Waals surface area contributed by atoms with Crippen LogP contribution in [0.4, 0.5) is 0 Å². The van der Waals surface area contributed by atoms with Gasteiger partial charge in [-0.25, -0.2) is 0 Å². The van der Waals surface area contributed by atoms with Crippen LogP contribution in [0.2, 0.25) is 0 Å². The van der Waals surface area contributed by atoms with Crippen molar-refractivity contribution in [3.63, 3.8) is 0 Å². The van der Waals surface area contributed by atoms with Crippen molar-refractivity contribution in [1.29, 1.82) is 0 Å². The zero-order valence-electron chi connectivity index (χ0n) is 8.21. The standard InChI is InChI=1S/C2H8O7P2.2Ca.3H2O/c1-2(3,10(4,5)6)11(7,8)9;;;;;/h3H,1H3,(H2,4,5,6)(H2,7,8,9);;;3*1H2/q;2*+2;;;/p-4. The number of rotatable bonds is 2. The zero-order chi connectivity index (χ0) is 9.50. The van der Waals surface area contributed by atoms with Gasteiger partial charge in [0.15, 0.2) is 0 Å². The third kappa shape index (κ3) is 9.57. The van der Waals surface area contributed by atoms with Crippen LogP contribution in [0.1, 0.15) is 6.92 Å². The van der Waals surface area contributed by atoms with E-state index in [4.69, 9.17) is 5.11 Å². The Kier molecular flexibility index (Phi) is 26.1. The van der Waals surface area contributed by atoms with E-state index in [2.05, 4.69) is 0 Å². The van der Waals surface area contributed by atoms with E-state index in [0.29, 0.717) is 0 Å². The minimum Gasteiger partial charge on any atom is -0.808 e. The van der Waals surface area contributed by atoms with E-state index >= 15 is 0 Å². The van der Waals surface area contributed by atoms with Crippen LogP contribution in [0.5, 0.6) is 0 Å². The van der Waals surface area contributed by atoms with Crippen molar-refractivity contribution in [2.75, 3.05) is 0 Å². The first-order valence-electron chi connectivity index (χ1n) is 2.27. The van der Waals surface area contributed by atoms with Crippen LogP contribution in [-0.2, 0) is 9.13 Å². The topological polar surface area (TPSA) is 241 Å². The maximum absolute atomic E-state index is 9.95. The van der Waals surface area contributed by atoms with Gasteiger partial charge in [0.05, 0.1) is 0 Å². The van der Waals surface area contributed by atoms with E-state index in [-0.39, 0.29) is 98.8 Å². The average Bonchev–Trinajstić information content (AvgIpc) is 1.58. The molecule has 0 atom stereocenters. The molecule has 0 amide bonds. The molecule has 0 aromatic rings. The second-order valence-electron chi connectivity index (χ2n) is 1.97. The van der Waals surface area contributed by atoms with Crippen molar-refractivity contribution in [3.8, 4) is 0 Å². The predicted octanol–water partition coefficient (Wildman–Crippen LogP) is -6.76. The van der Waals surface area contributed by atoms with Crippen molar-refractivity contribution in [1.82, 2.24) is 0 Å². The molecule has 0 fully saturated rings. The molecule has 0 spiro atoms. The van der Waals surface area contributed by atoms with E-state index < -0.39 is 20.3 Å². The number of hydrogen-bond donors (Lipinski definition) is 1. The Morgan fingerprint density at radius 2 is 1.00 bits per heavy atom. The molecule has 0 saturated heterocycles. The summed E-state index contributed by atoms with van der Waals surface area (Å²) < 4.78 is 19.9. The fourth-order valence-electron chi connectivity index (χ4n) is 0.150. The summed E-state index contributed by atoms with van der Waals surface area (Å²) in [5, 5.41) is 4.68. The summed E-state index contributed by atoms with van der Waals surface area (Å²) in [6, 6.07) is 0. The minimum absolute atomic E-state index is 0. The van der Waals surface area contributed by atoms with Gasteiger partial charge in [-0.2, -0.15) is 0 Å². The van der Waals surface area contributed by atoms with Gasteiger partial charge in [-0.05, 0) is 22.1 Å². The molecule has 10 nitrogen and oxygen atoms in total. The molecule has 0 aromatic heterocycles. The molecular formula is C2H10Ca2O10P2. The van der Waals surface area contributed by atoms with Crippen LogP contribution in [0.3, 0.4) is 0 Å². The molecule has 0 unspecified atom stereocenters. The first-order valence-corrected chi connectivity index (χ1v) is 5.35. The van der Waals surface area contributed by atoms with Crippen LogP contribution in [0.15, 0.2) is 0 Å². The Hall–Kier alpha value is 2.66. The maximum atomic E-state index is 9.95. The van der Waals surface area contributed by atoms with Crippen molar-refractivity contribution < 1.29 is 50.2 Å². The Bertz CT molecular complexity index is 217. The Labute approximate surface area is 151 Å². The van der Waals surface area contributed by atoms with Crippen molar-refractivity contribution in [2.45, 2.75) is 12.0 Å². The molecular weight excluding hydrogens is 326 g/mol. The normalized spacial score (nSPS) is 10.4. The summed E-state index contributed by atoms with van der Waals surface area (Å²) in [4.78, 5) is 39.8. The van der Waals surface area contributed by atoms with Crippen LogP contribution < -0.4 is 19.6 Å². The molecule has 0 aliphatic carbocycles.